The van der Waals surface area contributed by atoms with Gasteiger partial charge in [0.05, 0.1) is 18.1 Å². The Kier molecular flexibility index (Phi) is 6.83. The number of nitrogens with zero attached hydrogens (tertiary/aromatic N) is 5. The quantitative estimate of drug-likeness (QED) is 0.427. The molecule has 1 aliphatic rings. The number of rotatable bonds is 6. The molecule has 0 saturated carbocycles. The first-order valence-electron chi connectivity index (χ1n) is 10.6. The molecule has 0 spiro atoms. The van der Waals surface area contributed by atoms with E-state index < -0.39 is 11.0 Å². The molecule has 1 fully saturated rings. The molecule has 3 aromatic rings. The lowest BCUT2D eigenvalue weighted by atomic mass is 10.2. The van der Waals surface area contributed by atoms with Crippen LogP contribution in [0.5, 0.6) is 5.75 Å². The molecule has 0 atom stereocenters. The van der Waals surface area contributed by atoms with E-state index in [1.54, 1.807) is 12.1 Å². The van der Waals surface area contributed by atoms with Gasteiger partial charge in [-0.3, -0.25) is 15.4 Å². The van der Waals surface area contributed by atoms with E-state index in [1.165, 1.54) is 24.3 Å². The van der Waals surface area contributed by atoms with Gasteiger partial charge < -0.3 is 19.3 Å². The third kappa shape index (κ3) is 5.56. The number of nitro groups is 1. The van der Waals surface area contributed by atoms with Crippen LogP contribution in [0.25, 0.3) is 0 Å². The van der Waals surface area contributed by atoms with E-state index in [2.05, 4.69) is 20.2 Å². The average molecular weight is 464 g/mol. The number of carbonyl (C=O) groups excluding carboxylic acids is 1. The van der Waals surface area contributed by atoms with Gasteiger partial charge in [0.1, 0.15) is 23.2 Å². The van der Waals surface area contributed by atoms with Crippen molar-refractivity contribution in [1.29, 1.82) is 0 Å². The second kappa shape index (κ2) is 10.1. The number of nitrogens with one attached hydrogen (secondary N) is 1. The van der Waals surface area contributed by atoms with Crippen LogP contribution >= 0.6 is 0 Å². The predicted octanol–water partition coefficient (Wildman–Crippen LogP) is 3.91. The van der Waals surface area contributed by atoms with Crippen LogP contribution in [0.15, 0.2) is 54.6 Å². The number of aryl methyl sites for hydroxylation is 1. The van der Waals surface area contributed by atoms with Crippen molar-refractivity contribution in [2.75, 3.05) is 48.5 Å². The molecule has 2 aromatic carbocycles. The molecule has 1 aliphatic heterocycles. The van der Waals surface area contributed by atoms with E-state index in [-0.39, 0.29) is 11.4 Å². The van der Waals surface area contributed by atoms with Gasteiger partial charge >= 0.3 is 6.09 Å². The minimum absolute atomic E-state index is 0.0831. The summed E-state index contributed by atoms with van der Waals surface area (Å²) in [4.78, 5) is 35.7. The molecule has 11 heteroatoms. The summed E-state index contributed by atoms with van der Waals surface area (Å²) in [5.74, 6) is 2.42. The highest BCUT2D eigenvalue weighted by molar-refractivity contribution is 5.87. The average Bonchev–Trinajstić information content (AvgIpc) is 2.84. The van der Waals surface area contributed by atoms with Crippen molar-refractivity contribution in [1.82, 2.24) is 9.97 Å². The van der Waals surface area contributed by atoms with Crippen LogP contribution in [0.1, 0.15) is 5.82 Å². The number of benzene rings is 2. The number of anilines is 4. The third-order valence-corrected chi connectivity index (χ3v) is 5.23. The summed E-state index contributed by atoms with van der Waals surface area (Å²) in [5, 5.41) is 13.4. The standard InChI is InChI=1S/C23H24N6O5/c1-16-24-21(15-22(25-16)28-10-12-33-13-11-28)27(2)19-5-3-4-17(14-19)26-23(30)34-20-8-6-18(7-9-20)29(31)32/h3-9,14-15H,10-13H2,1-2H3,(H,26,30). The SMILES string of the molecule is Cc1nc(N2CCOCC2)cc(N(C)c2cccc(NC(=O)Oc3ccc([N+](=O)[O-])cc3)c2)n1. The van der Waals surface area contributed by atoms with Crippen LogP contribution in [-0.2, 0) is 4.74 Å². The Labute approximate surface area is 196 Å². The lowest BCUT2D eigenvalue weighted by Gasteiger charge is -2.29. The van der Waals surface area contributed by atoms with Crippen molar-refractivity contribution in [3.63, 3.8) is 0 Å². The van der Waals surface area contributed by atoms with Crippen molar-refractivity contribution in [3.05, 3.63) is 70.5 Å². The van der Waals surface area contributed by atoms with Crippen molar-refractivity contribution in [2.45, 2.75) is 6.92 Å². The number of hydrogen-bond acceptors (Lipinski definition) is 9. The topological polar surface area (TPSA) is 123 Å². The summed E-state index contributed by atoms with van der Waals surface area (Å²) >= 11 is 0. The molecule has 0 unspecified atom stereocenters. The van der Waals surface area contributed by atoms with Crippen molar-refractivity contribution < 1.29 is 19.2 Å². The first-order chi connectivity index (χ1) is 16.4. The summed E-state index contributed by atoms with van der Waals surface area (Å²) in [6.07, 6.45) is -0.707. The van der Waals surface area contributed by atoms with Gasteiger partial charge in [0.2, 0.25) is 0 Å². The summed E-state index contributed by atoms with van der Waals surface area (Å²) in [7, 11) is 1.89. The monoisotopic (exact) mass is 464 g/mol. The molecule has 0 aliphatic carbocycles. The molecule has 1 amide bonds. The van der Waals surface area contributed by atoms with Crippen LogP contribution < -0.4 is 19.9 Å². The van der Waals surface area contributed by atoms with Crippen molar-refractivity contribution in [3.8, 4) is 5.75 Å². The fourth-order valence-corrected chi connectivity index (χ4v) is 3.47. The lowest BCUT2D eigenvalue weighted by molar-refractivity contribution is -0.384. The van der Waals surface area contributed by atoms with Gasteiger partial charge in [-0.05, 0) is 37.3 Å². The molecule has 11 nitrogen and oxygen atoms in total. The Bertz CT molecular complexity index is 1180. The van der Waals surface area contributed by atoms with E-state index >= 15 is 0 Å². The van der Waals surface area contributed by atoms with Gasteiger partial charge in [-0.25, -0.2) is 14.8 Å². The van der Waals surface area contributed by atoms with Gasteiger partial charge in [-0.15, -0.1) is 0 Å². The van der Waals surface area contributed by atoms with Crippen LogP contribution in [0.4, 0.5) is 33.5 Å². The number of nitro benzene ring substituents is 1. The molecular weight excluding hydrogens is 440 g/mol. The maximum absolute atomic E-state index is 12.3. The number of morpholine rings is 1. The number of non-ortho nitro benzene ring substituents is 1. The molecule has 4 rings (SSSR count). The van der Waals surface area contributed by atoms with Crippen LogP contribution in [0.2, 0.25) is 0 Å². The molecule has 0 radical (unpaired) electrons. The number of ether oxygens (including phenoxy) is 2. The molecule has 176 valence electrons. The van der Waals surface area contributed by atoms with E-state index in [4.69, 9.17) is 9.47 Å². The minimum Gasteiger partial charge on any atom is -0.410 e. The Morgan fingerprint density at radius 1 is 1.15 bits per heavy atom. The maximum Gasteiger partial charge on any atom is 0.417 e. The van der Waals surface area contributed by atoms with E-state index in [0.29, 0.717) is 24.7 Å². The summed E-state index contributed by atoms with van der Waals surface area (Å²) in [6, 6.07) is 14.4. The minimum atomic E-state index is -0.707. The summed E-state index contributed by atoms with van der Waals surface area (Å²) < 4.78 is 10.6. The summed E-state index contributed by atoms with van der Waals surface area (Å²) in [6.45, 7) is 4.73. The van der Waals surface area contributed by atoms with E-state index in [9.17, 15) is 14.9 Å². The molecule has 0 bridgehead atoms. The molecule has 2 heterocycles. The second-order valence-corrected chi connectivity index (χ2v) is 7.61. The first kappa shape index (κ1) is 22.9. The number of aromatic nitrogens is 2. The van der Waals surface area contributed by atoms with Crippen LogP contribution in [-0.4, -0.2) is 54.3 Å². The third-order valence-electron chi connectivity index (χ3n) is 5.23. The van der Waals surface area contributed by atoms with Gasteiger partial charge in [-0.2, -0.15) is 0 Å². The number of carbonyl (C=O) groups is 1. The molecule has 1 N–H and O–H groups in total. The van der Waals surface area contributed by atoms with Gasteiger partial charge in [0, 0.05) is 49.7 Å². The smallest absolute Gasteiger partial charge is 0.410 e. The fraction of sp³-hybridized carbons (Fsp3) is 0.261. The number of hydrogen-bond donors (Lipinski definition) is 1. The Morgan fingerprint density at radius 2 is 1.88 bits per heavy atom. The van der Waals surface area contributed by atoms with Gasteiger partial charge in [0.25, 0.3) is 5.69 Å². The Morgan fingerprint density at radius 3 is 2.59 bits per heavy atom. The molecule has 1 aromatic heterocycles. The first-order valence-corrected chi connectivity index (χ1v) is 10.6. The highest BCUT2D eigenvalue weighted by Crippen LogP contribution is 2.27. The lowest BCUT2D eigenvalue weighted by Crippen LogP contribution is -2.37. The zero-order valence-electron chi connectivity index (χ0n) is 18.8. The van der Waals surface area contributed by atoms with Crippen molar-refractivity contribution in [2.24, 2.45) is 0 Å². The fourth-order valence-electron chi connectivity index (χ4n) is 3.47. The van der Waals surface area contributed by atoms with E-state index in [1.807, 2.05) is 37.1 Å². The normalized spacial score (nSPS) is 13.3. The predicted molar refractivity (Wildman–Crippen MR) is 127 cm³/mol. The van der Waals surface area contributed by atoms with E-state index in [0.717, 1.165) is 30.4 Å². The Balaban J connectivity index is 1.46. The maximum atomic E-state index is 12.3. The zero-order chi connectivity index (χ0) is 24.1. The van der Waals surface area contributed by atoms with Crippen molar-refractivity contribution >= 4 is 34.8 Å². The molecule has 1 saturated heterocycles. The second-order valence-electron chi connectivity index (χ2n) is 7.61. The molecular formula is C23H24N6O5. The Hall–Kier alpha value is -4.25. The highest BCUT2D eigenvalue weighted by atomic mass is 16.6. The van der Waals surface area contributed by atoms with Gasteiger partial charge in [0.15, 0.2) is 0 Å². The highest BCUT2D eigenvalue weighted by Gasteiger charge is 2.16. The van der Waals surface area contributed by atoms with Crippen LogP contribution in [0, 0.1) is 17.0 Å². The summed E-state index contributed by atoms with van der Waals surface area (Å²) in [5.41, 5.74) is 1.25. The largest absolute Gasteiger partial charge is 0.417 e. The zero-order valence-corrected chi connectivity index (χ0v) is 18.8. The van der Waals surface area contributed by atoms with Crippen LogP contribution in [0.3, 0.4) is 0 Å². The molecule has 34 heavy (non-hydrogen) atoms. The number of amides is 1. The van der Waals surface area contributed by atoms with Gasteiger partial charge in [-0.1, -0.05) is 6.07 Å².